The van der Waals surface area contributed by atoms with Crippen molar-refractivity contribution in [3.8, 4) is 5.75 Å². The summed E-state index contributed by atoms with van der Waals surface area (Å²) < 4.78 is 29.3. The topological polar surface area (TPSA) is 94.3 Å². The van der Waals surface area contributed by atoms with Crippen LogP contribution in [0.4, 0.5) is 5.69 Å². The number of rotatable bonds is 5. The molecule has 0 saturated heterocycles. The van der Waals surface area contributed by atoms with Gasteiger partial charge in [-0.15, -0.1) is 0 Å². The number of sulfonamides is 1. The van der Waals surface area contributed by atoms with Gasteiger partial charge in [0.1, 0.15) is 10.6 Å². The highest BCUT2D eigenvalue weighted by Gasteiger charge is 2.27. The lowest BCUT2D eigenvalue weighted by atomic mass is 9.81. The molecule has 1 saturated carbocycles. The number of anilines is 1. The third kappa shape index (κ3) is 4.24. The number of nitrogens with two attached hydrogens (primary N) is 1. The van der Waals surface area contributed by atoms with Crippen molar-refractivity contribution >= 4 is 38.2 Å². The van der Waals surface area contributed by atoms with E-state index in [1.807, 2.05) is 30.3 Å². The lowest BCUT2D eigenvalue weighted by Crippen LogP contribution is -2.26. The van der Waals surface area contributed by atoms with Crippen LogP contribution in [0.2, 0.25) is 5.02 Å². The third-order valence-corrected chi connectivity index (χ3v) is 6.92. The van der Waals surface area contributed by atoms with Gasteiger partial charge in [-0.1, -0.05) is 23.7 Å². The van der Waals surface area contributed by atoms with Crippen molar-refractivity contribution in [3.63, 3.8) is 0 Å². The van der Waals surface area contributed by atoms with E-state index >= 15 is 0 Å². The maximum Gasteiger partial charge on any atom is 0.241 e. The summed E-state index contributed by atoms with van der Waals surface area (Å²) in [6.07, 6.45) is 5.57. The van der Waals surface area contributed by atoms with Gasteiger partial charge in [0.25, 0.3) is 0 Å². The van der Waals surface area contributed by atoms with Crippen molar-refractivity contribution in [1.82, 2.24) is 4.98 Å². The van der Waals surface area contributed by atoms with E-state index in [2.05, 4.69) is 10.3 Å². The van der Waals surface area contributed by atoms with Gasteiger partial charge in [-0.2, -0.15) is 0 Å². The van der Waals surface area contributed by atoms with E-state index in [4.69, 9.17) is 21.5 Å². The number of hydrogen-bond acceptors (Lipinski definition) is 5. The van der Waals surface area contributed by atoms with Gasteiger partial charge in [-0.05, 0) is 67.5 Å². The van der Waals surface area contributed by atoms with Gasteiger partial charge in [0.15, 0.2) is 0 Å². The molecule has 1 aromatic heterocycles. The summed E-state index contributed by atoms with van der Waals surface area (Å²) in [4.78, 5) is 4.44. The standard InChI is InChI=1S/C22H24ClN3O3S/c1-29-22-17(3-2-4-21(22)30(24,27)28)14-5-8-16(9-6-14)26-19-11-12-25-20-13-15(23)7-10-18(19)20/h2-4,7,10-14,16H,5-6,8-9H2,1H3,(H,25,26)(H2,24,27,28). The maximum absolute atomic E-state index is 11.9. The number of hydrogen-bond donors (Lipinski definition) is 2. The Balaban J connectivity index is 1.50. The fourth-order valence-electron chi connectivity index (χ4n) is 4.31. The molecule has 0 amide bonds. The van der Waals surface area contributed by atoms with Crippen LogP contribution in [-0.4, -0.2) is 26.6 Å². The molecular formula is C22H24ClN3O3S. The van der Waals surface area contributed by atoms with Gasteiger partial charge in [-0.25, -0.2) is 13.6 Å². The molecule has 0 spiro atoms. The summed E-state index contributed by atoms with van der Waals surface area (Å²) >= 11 is 6.08. The van der Waals surface area contributed by atoms with Crippen LogP contribution in [0, 0.1) is 0 Å². The first-order chi connectivity index (χ1) is 14.4. The summed E-state index contributed by atoms with van der Waals surface area (Å²) in [5, 5.41) is 10.7. The Labute approximate surface area is 181 Å². The molecule has 3 aromatic rings. The molecule has 30 heavy (non-hydrogen) atoms. The summed E-state index contributed by atoms with van der Waals surface area (Å²) in [5.74, 6) is 0.598. The fourth-order valence-corrected chi connectivity index (χ4v) is 5.21. The minimum Gasteiger partial charge on any atom is -0.495 e. The minimum atomic E-state index is -3.83. The van der Waals surface area contributed by atoms with E-state index in [1.54, 1.807) is 12.3 Å². The zero-order valence-electron chi connectivity index (χ0n) is 16.6. The molecule has 6 nitrogen and oxygen atoms in total. The summed E-state index contributed by atoms with van der Waals surface area (Å²) in [5.41, 5.74) is 2.83. The highest BCUT2D eigenvalue weighted by atomic mass is 35.5. The third-order valence-electron chi connectivity index (χ3n) is 5.75. The number of benzene rings is 2. The second-order valence-corrected chi connectivity index (χ2v) is 9.60. The minimum absolute atomic E-state index is 0.0460. The highest BCUT2D eigenvalue weighted by molar-refractivity contribution is 7.89. The Morgan fingerprint density at radius 1 is 1.13 bits per heavy atom. The first kappa shape index (κ1) is 20.9. The Morgan fingerprint density at radius 3 is 2.60 bits per heavy atom. The van der Waals surface area contributed by atoms with Crippen molar-refractivity contribution in [1.29, 1.82) is 0 Å². The molecule has 3 N–H and O–H groups in total. The second kappa shape index (κ2) is 8.41. The van der Waals surface area contributed by atoms with Gasteiger partial charge in [0, 0.05) is 28.3 Å². The Morgan fingerprint density at radius 2 is 1.90 bits per heavy atom. The van der Waals surface area contributed by atoms with E-state index in [0.29, 0.717) is 16.8 Å². The van der Waals surface area contributed by atoms with Crippen molar-refractivity contribution in [3.05, 3.63) is 59.2 Å². The average molecular weight is 446 g/mol. The number of nitrogens with one attached hydrogen (secondary N) is 1. The fraction of sp³-hybridized carbons (Fsp3) is 0.318. The SMILES string of the molecule is COc1c(C2CCC(Nc3ccnc4cc(Cl)ccc34)CC2)cccc1S(N)(=O)=O. The van der Waals surface area contributed by atoms with Crippen LogP contribution in [0.15, 0.2) is 53.6 Å². The van der Waals surface area contributed by atoms with Crippen LogP contribution >= 0.6 is 11.6 Å². The van der Waals surface area contributed by atoms with Crippen LogP contribution in [-0.2, 0) is 10.0 Å². The summed E-state index contributed by atoms with van der Waals surface area (Å²) in [6.45, 7) is 0. The van der Waals surface area contributed by atoms with Gasteiger partial charge >= 0.3 is 0 Å². The lowest BCUT2D eigenvalue weighted by Gasteiger charge is -2.31. The largest absolute Gasteiger partial charge is 0.495 e. The molecule has 0 unspecified atom stereocenters. The van der Waals surface area contributed by atoms with Crippen molar-refractivity contribution < 1.29 is 13.2 Å². The summed E-state index contributed by atoms with van der Waals surface area (Å²) in [6, 6.07) is 13.2. The molecule has 1 aliphatic carbocycles. The molecule has 1 fully saturated rings. The van der Waals surface area contributed by atoms with Crippen LogP contribution in [0.5, 0.6) is 5.75 Å². The predicted octanol–water partition coefficient (Wildman–Crippen LogP) is 4.68. The number of pyridine rings is 1. The first-order valence-corrected chi connectivity index (χ1v) is 11.8. The van der Waals surface area contributed by atoms with Gasteiger partial charge in [0.05, 0.1) is 12.6 Å². The van der Waals surface area contributed by atoms with Crippen LogP contribution in [0.1, 0.15) is 37.2 Å². The molecular weight excluding hydrogens is 422 g/mol. The van der Waals surface area contributed by atoms with E-state index in [9.17, 15) is 8.42 Å². The Bertz CT molecular complexity index is 1180. The summed E-state index contributed by atoms with van der Waals surface area (Å²) in [7, 11) is -2.35. The predicted molar refractivity (Wildman–Crippen MR) is 120 cm³/mol. The number of ether oxygens (including phenoxy) is 1. The van der Waals surface area contributed by atoms with E-state index in [0.717, 1.165) is 47.8 Å². The van der Waals surface area contributed by atoms with E-state index < -0.39 is 10.0 Å². The smallest absolute Gasteiger partial charge is 0.241 e. The van der Waals surface area contributed by atoms with Crippen molar-refractivity contribution in [2.75, 3.05) is 12.4 Å². The molecule has 1 aliphatic rings. The Hall–Kier alpha value is -2.35. The molecule has 2 aromatic carbocycles. The van der Waals surface area contributed by atoms with Crippen LogP contribution < -0.4 is 15.2 Å². The normalized spacial score (nSPS) is 19.6. The zero-order valence-corrected chi connectivity index (χ0v) is 18.2. The van der Waals surface area contributed by atoms with Gasteiger partial charge in [-0.3, -0.25) is 4.98 Å². The average Bonchev–Trinajstić information content (AvgIpc) is 2.73. The van der Waals surface area contributed by atoms with Gasteiger partial charge < -0.3 is 10.1 Å². The molecule has 0 radical (unpaired) electrons. The molecule has 0 bridgehead atoms. The number of primary sulfonamides is 1. The second-order valence-electron chi connectivity index (χ2n) is 7.64. The van der Waals surface area contributed by atoms with Gasteiger partial charge in [0.2, 0.25) is 10.0 Å². The quantitative estimate of drug-likeness (QED) is 0.594. The molecule has 1 heterocycles. The van der Waals surface area contributed by atoms with Crippen LogP contribution in [0.25, 0.3) is 10.9 Å². The molecule has 8 heteroatoms. The van der Waals surface area contributed by atoms with E-state index in [-0.39, 0.29) is 10.8 Å². The molecule has 4 rings (SSSR count). The number of nitrogens with zero attached hydrogens (tertiary/aromatic N) is 1. The molecule has 0 aliphatic heterocycles. The maximum atomic E-state index is 11.9. The first-order valence-electron chi connectivity index (χ1n) is 9.87. The number of para-hydroxylation sites is 1. The monoisotopic (exact) mass is 445 g/mol. The van der Waals surface area contributed by atoms with Crippen molar-refractivity contribution in [2.24, 2.45) is 5.14 Å². The zero-order chi connectivity index (χ0) is 21.3. The van der Waals surface area contributed by atoms with E-state index in [1.165, 1.54) is 13.2 Å². The number of fused-ring (bicyclic) bond motifs is 1. The molecule has 158 valence electrons. The van der Waals surface area contributed by atoms with Crippen LogP contribution in [0.3, 0.4) is 0 Å². The number of halogens is 1. The van der Waals surface area contributed by atoms with Crippen molar-refractivity contribution in [2.45, 2.75) is 42.5 Å². The lowest BCUT2D eigenvalue weighted by molar-refractivity contribution is 0.369. The highest BCUT2D eigenvalue weighted by Crippen LogP contribution is 2.41. The number of methoxy groups -OCH3 is 1. The number of aromatic nitrogens is 1. The Kier molecular flexibility index (Phi) is 5.86. The molecule has 0 atom stereocenters.